The van der Waals surface area contributed by atoms with E-state index in [2.05, 4.69) is 15.0 Å². The van der Waals surface area contributed by atoms with Gasteiger partial charge in [-0.1, -0.05) is 25.1 Å². The standard InChI is InChI=1S/C15H15F3N2O4/c1-7(2)12-11(13(20-24-12)15(16,17)18)14(23)19-6-8-3-4-9(21)10(22)5-8/h3-5,7,21-22H,6H2,1-2H3,(H,19,23). The van der Waals surface area contributed by atoms with E-state index in [-0.39, 0.29) is 18.1 Å². The Morgan fingerprint density at radius 3 is 2.50 bits per heavy atom. The molecule has 6 nitrogen and oxygen atoms in total. The van der Waals surface area contributed by atoms with Crippen LogP contribution >= 0.6 is 0 Å². The van der Waals surface area contributed by atoms with Gasteiger partial charge in [-0.05, 0) is 17.7 Å². The Bertz CT molecular complexity index is 754. The van der Waals surface area contributed by atoms with E-state index >= 15 is 0 Å². The van der Waals surface area contributed by atoms with Crippen molar-refractivity contribution in [2.75, 3.05) is 0 Å². The van der Waals surface area contributed by atoms with Gasteiger partial charge in [-0.3, -0.25) is 4.79 Å². The summed E-state index contributed by atoms with van der Waals surface area (Å²) >= 11 is 0. The molecule has 0 aliphatic carbocycles. The largest absolute Gasteiger partial charge is 0.504 e. The van der Waals surface area contributed by atoms with Crippen LogP contribution in [0.25, 0.3) is 0 Å². The summed E-state index contributed by atoms with van der Waals surface area (Å²) in [6, 6.07) is 3.81. The lowest BCUT2D eigenvalue weighted by Crippen LogP contribution is -2.26. The van der Waals surface area contributed by atoms with Crippen LogP contribution < -0.4 is 5.32 Å². The van der Waals surface area contributed by atoms with E-state index in [4.69, 9.17) is 0 Å². The van der Waals surface area contributed by atoms with E-state index in [1.165, 1.54) is 18.2 Å². The van der Waals surface area contributed by atoms with Crippen molar-refractivity contribution in [1.82, 2.24) is 10.5 Å². The van der Waals surface area contributed by atoms with Gasteiger partial charge in [-0.2, -0.15) is 13.2 Å². The number of carbonyl (C=O) groups excluding carboxylic acids is 1. The molecule has 0 fully saturated rings. The number of carbonyl (C=O) groups is 1. The molecule has 9 heteroatoms. The fraction of sp³-hybridized carbons (Fsp3) is 0.333. The molecular weight excluding hydrogens is 329 g/mol. The van der Waals surface area contributed by atoms with Crippen molar-refractivity contribution < 1.29 is 32.7 Å². The molecule has 130 valence electrons. The van der Waals surface area contributed by atoms with Crippen LogP contribution in [0.1, 0.15) is 47.1 Å². The molecular formula is C15H15F3N2O4. The summed E-state index contributed by atoms with van der Waals surface area (Å²) in [5.41, 5.74) is -1.63. The number of rotatable bonds is 4. The first-order valence-corrected chi connectivity index (χ1v) is 6.97. The maximum Gasteiger partial charge on any atom is 0.437 e. The average Bonchev–Trinajstić information content (AvgIpc) is 2.93. The third-order valence-electron chi connectivity index (χ3n) is 3.23. The number of benzene rings is 1. The first-order chi connectivity index (χ1) is 11.1. The fourth-order valence-corrected chi connectivity index (χ4v) is 2.06. The monoisotopic (exact) mass is 344 g/mol. The molecule has 0 bridgehead atoms. The summed E-state index contributed by atoms with van der Waals surface area (Å²) < 4.78 is 43.6. The van der Waals surface area contributed by atoms with Crippen LogP contribution in [0.3, 0.4) is 0 Å². The van der Waals surface area contributed by atoms with Gasteiger partial charge < -0.3 is 20.1 Å². The second kappa shape index (κ2) is 6.42. The quantitative estimate of drug-likeness (QED) is 0.741. The Hall–Kier alpha value is -2.71. The number of aromatic nitrogens is 1. The van der Waals surface area contributed by atoms with Crippen LogP contribution in [0.5, 0.6) is 11.5 Å². The fourth-order valence-electron chi connectivity index (χ4n) is 2.06. The predicted molar refractivity (Wildman–Crippen MR) is 76.5 cm³/mol. The van der Waals surface area contributed by atoms with Gasteiger partial charge >= 0.3 is 6.18 Å². The molecule has 2 aromatic rings. The average molecular weight is 344 g/mol. The topological polar surface area (TPSA) is 95.6 Å². The molecule has 0 atom stereocenters. The Morgan fingerprint density at radius 1 is 1.29 bits per heavy atom. The number of phenolic OH excluding ortho intramolecular Hbond substituents is 2. The van der Waals surface area contributed by atoms with Crippen molar-refractivity contribution >= 4 is 5.91 Å². The molecule has 0 aliphatic rings. The minimum atomic E-state index is -4.82. The molecule has 2 rings (SSSR count). The van der Waals surface area contributed by atoms with Gasteiger partial charge in [0.25, 0.3) is 5.91 Å². The zero-order valence-corrected chi connectivity index (χ0v) is 12.8. The highest BCUT2D eigenvalue weighted by Crippen LogP contribution is 2.35. The maximum absolute atomic E-state index is 13.0. The van der Waals surface area contributed by atoms with Crippen molar-refractivity contribution in [1.29, 1.82) is 0 Å². The number of aromatic hydroxyl groups is 2. The third-order valence-corrected chi connectivity index (χ3v) is 3.23. The second-order valence-electron chi connectivity index (χ2n) is 5.43. The van der Waals surface area contributed by atoms with Gasteiger partial charge in [-0.15, -0.1) is 0 Å². The lowest BCUT2D eigenvalue weighted by Gasteiger charge is -2.10. The first kappa shape index (κ1) is 17.6. The molecule has 1 heterocycles. The summed E-state index contributed by atoms with van der Waals surface area (Å²) in [5, 5.41) is 23.9. The highest BCUT2D eigenvalue weighted by molar-refractivity contribution is 5.96. The Labute approximate surface area is 134 Å². The van der Waals surface area contributed by atoms with Crippen LogP contribution in [-0.4, -0.2) is 21.3 Å². The van der Waals surface area contributed by atoms with E-state index in [9.17, 15) is 28.2 Å². The van der Waals surface area contributed by atoms with Gasteiger partial charge in [0, 0.05) is 12.5 Å². The normalized spacial score (nSPS) is 11.8. The van der Waals surface area contributed by atoms with Crippen molar-refractivity contribution in [3.05, 3.63) is 40.8 Å². The molecule has 0 aliphatic heterocycles. The van der Waals surface area contributed by atoms with Crippen molar-refractivity contribution in [2.24, 2.45) is 0 Å². The Kier molecular flexibility index (Phi) is 4.72. The number of phenols is 2. The second-order valence-corrected chi connectivity index (χ2v) is 5.43. The van der Waals surface area contributed by atoms with Crippen molar-refractivity contribution in [3.8, 4) is 11.5 Å². The molecule has 0 unspecified atom stereocenters. The molecule has 0 spiro atoms. The van der Waals surface area contributed by atoms with E-state index < -0.39 is 35.0 Å². The summed E-state index contributed by atoms with van der Waals surface area (Å²) in [7, 11) is 0. The molecule has 24 heavy (non-hydrogen) atoms. The molecule has 1 aromatic carbocycles. The van der Waals surface area contributed by atoms with Crippen LogP contribution in [0.4, 0.5) is 13.2 Å². The van der Waals surface area contributed by atoms with Gasteiger partial charge in [0.2, 0.25) is 0 Å². The van der Waals surface area contributed by atoms with Crippen LogP contribution in [0, 0.1) is 0 Å². The summed E-state index contributed by atoms with van der Waals surface area (Å²) in [5.74, 6) is -2.35. The number of nitrogens with one attached hydrogen (secondary N) is 1. The van der Waals surface area contributed by atoms with Gasteiger partial charge in [-0.25, -0.2) is 0 Å². The summed E-state index contributed by atoms with van der Waals surface area (Å²) in [4.78, 5) is 12.2. The molecule has 1 amide bonds. The first-order valence-electron chi connectivity index (χ1n) is 6.97. The highest BCUT2D eigenvalue weighted by atomic mass is 19.4. The minimum Gasteiger partial charge on any atom is -0.504 e. The summed E-state index contributed by atoms with van der Waals surface area (Å²) in [6.07, 6.45) is -4.82. The van der Waals surface area contributed by atoms with E-state index in [0.717, 1.165) is 0 Å². The number of halogens is 3. The Balaban J connectivity index is 2.25. The van der Waals surface area contributed by atoms with E-state index in [1.54, 1.807) is 13.8 Å². The lowest BCUT2D eigenvalue weighted by atomic mass is 10.0. The van der Waals surface area contributed by atoms with Crippen LogP contribution in [-0.2, 0) is 12.7 Å². The molecule has 0 saturated heterocycles. The van der Waals surface area contributed by atoms with Crippen molar-refractivity contribution in [3.63, 3.8) is 0 Å². The number of alkyl halides is 3. The summed E-state index contributed by atoms with van der Waals surface area (Å²) in [6.45, 7) is 3.01. The Morgan fingerprint density at radius 2 is 1.96 bits per heavy atom. The SMILES string of the molecule is CC(C)c1onc(C(F)(F)F)c1C(=O)NCc1ccc(O)c(O)c1. The molecule has 3 N–H and O–H groups in total. The minimum absolute atomic E-state index is 0.146. The van der Waals surface area contributed by atoms with Crippen LogP contribution in [0.2, 0.25) is 0 Å². The lowest BCUT2D eigenvalue weighted by molar-refractivity contribution is -0.143. The van der Waals surface area contributed by atoms with Crippen LogP contribution in [0.15, 0.2) is 22.7 Å². The maximum atomic E-state index is 13.0. The molecule has 0 saturated carbocycles. The van der Waals surface area contributed by atoms with Gasteiger partial charge in [0.05, 0.1) is 0 Å². The van der Waals surface area contributed by atoms with Gasteiger partial charge in [0.15, 0.2) is 23.0 Å². The third kappa shape index (κ3) is 3.61. The zero-order chi connectivity index (χ0) is 18.1. The molecule has 1 aromatic heterocycles. The van der Waals surface area contributed by atoms with E-state index in [0.29, 0.717) is 5.56 Å². The smallest absolute Gasteiger partial charge is 0.437 e. The molecule has 0 radical (unpaired) electrons. The van der Waals surface area contributed by atoms with Crippen molar-refractivity contribution in [2.45, 2.75) is 32.5 Å². The number of hydrogen-bond acceptors (Lipinski definition) is 5. The highest BCUT2D eigenvalue weighted by Gasteiger charge is 2.42. The number of amides is 1. The number of hydrogen-bond donors (Lipinski definition) is 3. The number of nitrogens with zero attached hydrogens (tertiary/aromatic N) is 1. The predicted octanol–water partition coefficient (Wildman–Crippen LogP) is 3.16. The zero-order valence-electron chi connectivity index (χ0n) is 12.8. The van der Waals surface area contributed by atoms with E-state index in [1.807, 2.05) is 0 Å². The van der Waals surface area contributed by atoms with Gasteiger partial charge in [0.1, 0.15) is 5.56 Å².